The summed E-state index contributed by atoms with van der Waals surface area (Å²) in [6.07, 6.45) is 4.98. The number of amides is 1. The predicted octanol–water partition coefficient (Wildman–Crippen LogP) is 1.14. The van der Waals surface area contributed by atoms with Crippen LogP contribution in [-0.4, -0.2) is 32.2 Å². The molecule has 0 aliphatic rings. The summed E-state index contributed by atoms with van der Waals surface area (Å²) in [6, 6.07) is 10.8. The van der Waals surface area contributed by atoms with Gasteiger partial charge in [0.25, 0.3) is 5.91 Å². The third-order valence-electron chi connectivity index (χ3n) is 3.67. The number of benzene rings is 1. The van der Waals surface area contributed by atoms with Gasteiger partial charge in [0.2, 0.25) is 5.88 Å². The van der Waals surface area contributed by atoms with Gasteiger partial charge in [-0.1, -0.05) is 12.1 Å². The van der Waals surface area contributed by atoms with Gasteiger partial charge in [-0.15, -0.1) is 0 Å². The molecule has 0 spiro atoms. The Kier molecular flexibility index (Phi) is 5.89. The number of ether oxygens (including phenoxy) is 1. The molecule has 0 aliphatic heterocycles. The Labute approximate surface area is 151 Å². The third-order valence-corrected chi connectivity index (χ3v) is 3.67. The Morgan fingerprint density at radius 3 is 2.96 bits per heavy atom. The molecule has 3 rings (SSSR count). The quantitative estimate of drug-likeness (QED) is 0.629. The normalized spacial score (nSPS) is 10.5. The number of rotatable bonds is 8. The molecule has 134 valence electrons. The predicted molar refractivity (Wildman–Crippen MR) is 95.3 cm³/mol. The summed E-state index contributed by atoms with van der Waals surface area (Å²) >= 11 is 0. The minimum atomic E-state index is -0.133. The first-order valence-corrected chi connectivity index (χ1v) is 8.23. The standard InChI is InChI=1S/C18H20N6O2/c19-11-16-10-17(22-13-21-16)26-12-14-3-1-4-15(9-14)18(25)20-6-8-24-7-2-5-23-24/h1-5,7,9-10,13H,6,8,11-12,19H2,(H,20,25). The number of carbonyl (C=O) groups is 1. The second-order valence-corrected chi connectivity index (χ2v) is 5.57. The first-order valence-electron chi connectivity index (χ1n) is 8.23. The monoisotopic (exact) mass is 352 g/mol. The number of aromatic nitrogens is 4. The molecule has 0 aliphatic carbocycles. The fourth-order valence-corrected chi connectivity index (χ4v) is 2.35. The molecule has 26 heavy (non-hydrogen) atoms. The topological polar surface area (TPSA) is 108 Å². The maximum absolute atomic E-state index is 12.3. The summed E-state index contributed by atoms with van der Waals surface area (Å²) in [6.45, 7) is 1.76. The van der Waals surface area contributed by atoms with E-state index in [4.69, 9.17) is 10.5 Å². The molecule has 0 fully saturated rings. The molecule has 3 N–H and O–H groups in total. The van der Waals surface area contributed by atoms with E-state index in [2.05, 4.69) is 20.4 Å². The van der Waals surface area contributed by atoms with Gasteiger partial charge in [0.05, 0.1) is 12.2 Å². The first-order chi connectivity index (χ1) is 12.7. The van der Waals surface area contributed by atoms with E-state index < -0.39 is 0 Å². The van der Waals surface area contributed by atoms with Crippen molar-refractivity contribution in [3.8, 4) is 5.88 Å². The molecule has 1 aromatic carbocycles. The molecule has 0 unspecified atom stereocenters. The highest BCUT2D eigenvalue weighted by atomic mass is 16.5. The largest absolute Gasteiger partial charge is 0.473 e. The Morgan fingerprint density at radius 2 is 2.15 bits per heavy atom. The zero-order valence-electron chi connectivity index (χ0n) is 14.2. The Hall–Kier alpha value is -3.26. The number of hydrogen-bond acceptors (Lipinski definition) is 6. The smallest absolute Gasteiger partial charge is 0.251 e. The van der Waals surface area contributed by atoms with Crippen molar-refractivity contribution in [3.05, 3.63) is 71.9 Å². The van der Waals surface area contributed by atoms with Crippen LogP contribution >= 0.6 is 0 Å². The summed E-state index contributed by atoms with van der Waals surface area (Å²) in [5, 5.41) is 6.97. The molecule has 2 aromatic heterocycles. The molecule has 0 saturated heterocycles. The van der Waals surface area contributed by atoms with E-state index in [1.807, 2.05) is 24.4 Å². The molecule has 0 atom stereocenters. The van der Waals surface area contributed by atoms with E-state index >= 15 is 0 Å². The molecule has 8 nitrogen and oxygen atoms in total. The van der Waals surface area contributed by atoms with Crippen molar-refractivity contribution < 1.29 is 9.53 Å². The summed E-state index contributed by atoms with van der Waals surface area (Å²) in [5.41, 5.74) is 7.72. The molecule has 0 saturated carbocycles. The van der Waals surface area contributed by atoms with Crippen molar-refractivity contribution in [1.29, 1.82) is 0 Å². The fraction of sp³-hybridized carbons (Fsp3) is 0.222. The highest BCUT2D eigenvalue weighted by molar-refractivity contribution is 5.94. The molecule has 2 heterocycles. The van der Waals surface area contributed by atoms with Gasteiger partial charge >= 0.3 is 0 Å². The third kappa shape index (κ3) is 4.87. The highest BCUT2D eigenvalue weighted by Crippen LogP contribution is 2.11. The van der Waals surface area contributed by atoms with Gasteiger partial charge in [-0.05, 0) is 23.8 Å². The molecule has 0 bridgehead atoms. The Bertz CT molecular complexity index is 850. The lowest BCUT2D eigenvalue weighted by Gasteiger charge is -2.09. The summed E-state index contributed by atoms with van der Waals surface area (Å²) < 4.78 is 7.42. The van der Waals surface area contributed by atoms with Crippen molar-refractivity contribution in [2.24, 2.45) is 5.73 Å². The van der Waals surface area contributed by atoms with E-state index in [0.29, 0.717) is 43.4 Å². The van der Waals surface area contributed by atoms with Crippen LogP contribution in [0.3, 0.4) is 0 Å². The average molecular weight is 352 g/mol. The fourth-order valence-electron chi connectivity index (χ4n) is 2.35. The summed E-state index contributed by atoms with van der Waals surface area (Å²) in [7, 11) is 0. The van der Waals surface area contributed by atoms with Gasteiger partial charge in [0.15, 0.2) is 0 Å². The van der Waals surface area contributed by atoms with Gasteiger partial charge in [-0.3, -0.25) is 9.48 Å². The van der Waals surface area contributed by atoms with Crippen molar-refractivity contribution in [2.45, 2.75) is 19.7 Å². The van der Waals surface area contributed by atoms with Gasteiger partial charge < -0.3 is 15.8 Å². The van der Waals surface area contributed by atoms with Crippen molar-refractivity contribution in [1.82, 2.24) is 25.1 Å². The SMILES string of the molecule is NCc1cc(OCc2cccc(C(=O)NCCn3cccn3)c2)ncn1. The zero-order chi connectivity index (χ0) is 18.2. The number of hydrogen-bond donors (Lipinski definition) is 2. The van der Waals surface area contributed by atoms with Crippen LogP contribution < -0.4 is 15.8 Å². The molecular formula is C18H20N6O2. The van der Waals surface area contributed by atoms with E-state index in [1.165, 1.54) is 6.33 Å². The summed E-state index contributed by atoms with van der Waals surface area (Å²) in [5.74, 6) is 0.320. The molecule has 0 radical (unpaired) electrons. The van der Waals surface area contributed by atoms with Crippen LogP contribution in [0.15, 0.2) is 55.1 Å². The van der Waals surface area contributed by atoms with Crippen molar-refractivity contribution in [3.63, 3.8) is 0 Å². The maximum Gasteiger partial charge on any atom is 0.251 e. The van der Waals surface area contributed by atoms with Crippen LogP contribution in [-0.2, 0) is 19.7 Å². The Balaban J connectivity index is 1.54. The maximum atomic E-state index is 12.3. The molecular weight excluding hydrogens is 332 g/mol. The average Bonchev–Trinajstić information content (AvgIpc) is 3.20. The molecule has 3 aromatic rings. The van der Waals surface area contributed by atoms with E-state index in [1.54, 1.807) is 29.1 Å². The van der Waals surface area contributed by atoms with Crippen LogP contribution in [0, 0.1) is 0 Å². The minimum absolute atomic E-state index is 0.133. The number of nitrogens with two attached hydrogens (primary N) is 1. The van der Waals surface area contributed by atoms with Crippen LogP contribution in [0.2, 0.25) is 0 Å². The summed E-state index contributed by atoms with van der Waals surface area (Å²) in [4.78, 5) is 20.3. The van der Waals surface area contributed by atoms with Crippen LogP contribution in [0.25, 0.3) is 0 Å². The van der Waals surface area contributed by atoms with Crippen LogP contribution in [0.5, 0.6) is 5.88 Å². The lowest BCUT2D eigenvalue weighted by Crippen LogP contribution is -2.27. The number of nitrogens with one attached hydrogen (secondary N) is 1. The second-order valence-electron chi connectivity index (χ2n) is 5.57. The Morgan fingerprint density at radius 1 is 1.23 bits per heavy atom. The van der Waals surface area contributed by atoms with Crippen LogP contribution in [0.1, 0.15) is 21.6 Å². The van der Waals surface area contributed by atoms with Gasteiger partial charge in [0, 0.05) is 37.1 Å². The van der Waals surface area contributed by atoms with Crippen LogP contribution in [0.4, 0.5) is 0 Å². The lowest BCUT2D eigenvalue weighted by atomic mass is 10.1. The second kappa shape index (κ2) is 8.72. The van der Waals surface area contributed by atoms with Gasteiger partial charge in [0.1, 0.15) is 12.9 Å². The zero-order valence-corrected chi connectivity index (χ0v) is 14.2. The number of nitrogens with zero attached hydrogens (tertiary/aromatic N) is 4. The van der Waals surface area contributed by atoms with Gasteiger partial charge in [-0.2, -0.15) is 5.10 Å². The van der Waals surface area contributed by atoms with E-state index in [-0.39, 0.29) is 5.91 Å². The molecule has 8 heteroatoms. The van der Waals surface area contributed by atoms with Crippen molar-refractivity contribution >= 4 is 5.91 Å². The highest BCUT2D eigenvalue weighted by Gasteiger charge is 2.07. The first kappa shape index (κ1) is 17.6. The van der Waals surface area contributed by atoms with E-state index in [0.717, 1.165) is 5.56 Å². The lowest BCUT2D eigenvalue weighted by molar-refractivity contribution is 0.0951. The van der Waals surface area contributed by atoms with E-state index in [9.17, 15) is 4.79 Å². The van der Waals surface area contributed by atoms with Gasteiger partial charge in [-0.25, -0.2) is 9.97 Å². The van der Waals surface area contributed by atoms with Crippen molar-refractivity contribution in [2.75, 3.05) is 6.54 Å². The molecule has 1 amide bonds. The number of carbonyl (C=O) groups excluding carboxylic acids is 1. The minimum Gasteiger partial charge on any atom is -0.473 e.